The van der Waals surface area contributed by atoms with Gasteiger partial charge in [0.25, 0.3) is 10.0 Å². The summed E-state index contributed by atoms with van der Waals surface area (Å²) in [5.74, 6) is 0.662. The Kier molecular flexibility index (Phi) is 5.50. The highest BCUT2D eigenvalue weighted by molar-refractivity contribution is 7.92. The van der Waals surface area contributed by atoms with Crippen LogP contribution in [0, 0.1) is 6.92 Å². The van der Waals surface area contributed by atoms with E-state index in [0.29, 0.717) is 11.4 Å². The lowest BCUT2D eigenvalue weighted by Crippen LogP contribution is -2.13. The molecule has 5 nitrogen and oxygen atoms in total. The number of hydrogen-bond donors (Lipinski definition) is 2. The van der Waals surface area contributed by atoms with Gasteiger partial charge in [0.1, 0.15) is 5.75 Å². The average molecular weight is 334 g/mol. The van der Waals surface area contributed by atoms with Crippen LogP contribution in [0.15, 0.2) is 47.4 Å². The number of hydrogen-bond acceptors (Lipinski definition) is 4. The molecule has 6 heteroatoms. The Hall–Kier alpha value is -2.21. The van der Waals surface area contributed by atoms with E-state index in [-0.39, 0.29) is 4.90 Å². The summed E-state index contributed by atoms with van der Waals surface area (Å²) in [7, 11) is -2.06. The second-order valence-corrected chi connectivity index (χ2v) is 6.92. The fraction of sp³-hybridized carbons (Fsp3) is 0.294. The van der Waals surface area contributed by atoms with Crippen LogP contribution in [0.3, 0.4) is 0 Å². The molecule has 0 saturated carbocycles. The maximum Gasteiger partial charge on any atom is 0.261 e. The second kappa shape index (κ2) is 7.37. The first kappa shape index (κ1) is 17.1. The van der Waals surface area contributed by atoms with Gasteiger partial charge in [-0.05, 0) is 61.4 Å². The zero-order valence-corrected chi connectivity index (χ0v) is 14.4. The molecule has 0 spiro atoms. The van der Waals surface area contributed by atoms with Crippen molar-refractivity contribution in [3.8, 4) is 5.75 Å². The van der Waals surface area contributed by atoms with E-state index in [4.69, 9.17) is 4.74 Å². The van der Waals surface area contributed by atoms with Crippen molar-refractivity contribution >= 4 is 21.4 Å². The third-order valence-corrected chi connectivity index (χ3v) is 4.77. The van der Waals surface area contributed by atoms with Crippen molar-refractivity contribution < 1.29 is 13.2 Å². The summed E-state index contributed by atoms with van der Waals surface area (Å²) in [6.07, 6.45) is 1.03. The number of ether oxygens (including phenoxy) is 1. The molecule has 2 N–H and O–H groups in total. The second-order valence-electron chi connectivity index (χ2n) is 5.24. The zero-order chi connectivity index (χ0) is 16.9. The molecule has 0 fully saturated rings. The van der Waals surface area contributed by atoms with E-state index in [1.165, 1.54) is 6.07 Å². The van der Waals surface area contributed by atoms with E-state index >= 15 is 0 Å². The zero-order valence-electron chi connectivity index (χ0n) is 13.6. The standard InChI is InChI=1S/C17H22N2O3S/c1-4-11-18-14-5-7-15(8-6-14)19-23(20,21)16-9-10-17(22-3)13(2)12-16/h5-10,12,18-19H,4,11H2,1-3H3. The highest BCUT2D eigenvalue weighted by Gasteiger charge is 2.15. The van der Waals surface area contributed by atoms with Gasteiger partial charge < -0.3 is 10.1 Å². The minimum absolute atomic E-state index is 0.212. The van der Waals surface area contributed by atoms with Gasteiger partial charge in [-0.2, -0.15) is 0 Å². The highest BCUT2D eigenvalue weighted by Crippen LogP contribution is 2.23. The predicted molar refractivity (Wildman–Crippen MR) is 93.8 cm³/mol. The Morgan fingerprint density at radius 2 is 1.70 bits per heavy atom. The smallest absolute Gasteiger partial charge is 0.261 e. The van der Waals surface area contributed by atoms with Crippen molar-refractivity contribution in [3.05, 3.63) is 48.0 Å². The first-order valence-electron chi connectivity index (χ1n) is 7.47. The molecule has 0 aliphatic rings. The topological polar surface area (TPSA) is 67.4 Å². The molecule has 2 rings (SSSR count). The van der Waals surface area contributed by atoms with Gasteiger partial charge in [0.05, 0.1) is 12.0 Å². The molecule has 0 heterocycles. The highest BCUT2D eigenvalue weighted by atomic mass is 32.2. The molecule has 2 aromatic rings. The van der Waals surface area contributed by atoms with E-state index in [0.717, 1.165) is 24.2 Å². The van der Waals surface area contributed by atoms with E-state index in [1.807, 2.05) is 19.1 Å². The first-order valence-corrected chi connectivity index (χ1v) is 8.96. The van der Waals surface area contributed by atoms with Gasteiger partial charge in [-0.3, -0.25) is 4.72 Å². The largest absolute Gasteiger partial charge is 0.496 e. The van der Waals surface area contributed by atoms with Crippen molar-refractivity contribution in [2.45, 2.75) is 25.2 Å². The Morgan fingerprint density at radius 1 is 1.04 bits per heavy atom. The molecule has 23 heavy (non-hydrogen) atoms. The fourth-order valence-electron chi connectivity index (χ4n) is 2.16. The molecule has 0 aromatic heterocycles. The van der Waals surface area contributed by atoms with Crippen molar-refractivity contribution in [3.63, 3.8) is 0 Å². The van der Waals surface area contributed by atoms with Crippen LogP contribution in [-0.4, -0.2) is 22.1 Å². The number of aryl methyl sites for hydroxylation is 1. The molecular weight excluding hydrogens is 312 g/mol. The number of anilines is 2. The van der Waals surface area contributed by atoms with Gasteiger partial charge in [0.2, 0.25) is 0 Å². The maximum absolute atomic E-state index is 12.4. The quantitative estimate of drug-likeness (QED) is 0.811. The number of sulfonamides is 1. The average Bonchev–Trinajstić information content (AvgIpc) is 2.54. The lowest BCUT2D eigenvalue weighted by atomic mass is 10.2. The molecule has 0 atom stereocenters. The fourth-order valence-corrected chi connectivity index (χ4v) is 3.30. The SMILES string of the molecule is CCCNc1ccc(NS(=O)(=O)c2ccc(OC)c(C)c2)cc1. The molecule has 2 aromatic carbocycles. The van der Waals surface area contributed by atoms with Gasteiger partial charge >= 0.3 is 0 Å². The van der Waals surface area contributed by atoms with E-state index in [2.05, 4.69) is 17.0 Å². The van der Waals surface area contributed by atoms with Crippen LogP contribution in [-0.2, 0) is 10.0 Å². The van der Waals surface area contributed by atoms with Crippen LogP contribution in [0.1, 0.15) is 18.9 Å². The summed E-state index contributed by atoms with van der Waals surface area (Å²) >= 11 is 0. The van der Waals surface area contributed by atoms with Crippen LogP contribution in [0.5, 0.6) is 5.75 Å². The van der Waals surface area contributed by atoms with E-state index < -0.39 is 10.0 Å². The minimum Gasteiger partial charge on any atom is -0.496 e. The number of rotatable bonds is 7. The number of nitrogens with one attached hydrogen (secondary N) is 2. The normalized spacial score (nSPS) is 11.1. The van der Waals surface area contributed by atoms with Crippen LogP contribution >= 0.6 is 0 Å². The predicted octanol–water partition coefficient (Wildman–Crippen LogP) is 3.63. The maximum atomic E-state index is 12.4. The number of methoxy groups -OCH3 is 1. The number of benzene rings is 2. The third-order valence-electron chi connectivity index (χ3n) is 3.39. The van der Waals surface area contributed by atoms with Crippen LogP contribution in [0.25, 0.3) is 0 Å². The van der Waals surface area contributed by atoms with Gasteiger partial charge in [-0.15, -0.1) is 0 Å². The Balaban J connectivity index is 2.16. The summed E-state index contributed by atoms with van der Waals surface area (Å²) in [6.45, 7) is 4.79. The minimum atomic E-state index is -3.62. The third kappa shape index (κ3) is 4.39. The van der Waals surface area contributed by atoms with Gasteiger partial charge in [0, 0.05) is 17.9 Å². The lowest BCUT2D eigenvalue weighted by Gasteiger charge is -2.11. The van der Waals surface area contributed by atoms with Crippen LogP contribution in [0.4, 0.5) is 11.4 Å². The molecule has 0 bridgehead atoms. The van der Waals surface area contributed by atoms with Crippen molar-refractivity contribution in [2.75, 3.05) is 23.7 Å². The molecular formula is C17H22N2O3S. The molecule has 0 amide bonds. The van der Waals surface area contributed by atoms with E-state index in [9.17, 15) is 8.42 Å². The van der Waals surface area contributed by atoms with Gasteiger partial charge in [-0.25, -0.2) is 8.42 Å². The molecule has 0 aliphatic heterocycles. The molecule has 0 radical (unpaired) electrons. The Morgan fingerprint density at radius 3 is 2.26 bits per heavy atom. The summed E-state index contributed by atoms with van der Waals surface area (Å²) < 4.78 is 32.6. The van der Waals surface area contributed by atoms with Gasteiger partial charge in [-0.1, -0.05) is 6.92 Å². The van der Waals surface area contributed by atoms with E-state index in [1.54, 1.807) is 31.4 Å². The van der Waals surface area contributed by atoms with Crippen molar-refractivity contribution in [2.24, 2.45) is 0 Å². The molecule has 0 unspecified atom stereocenters. The Bertz CT molecular complexity index is 756. The van der Waals surface area contributed by atoms with Gasteiger partial charge in [0.15, 0.2) is 0 Å². The Labute approximate surface area is 137 Å². The molecule has 0 aliphatic carbocycles. The first-order chi connectivity index (χ1) is 11.0. The summed E-state index contributed by atoms with van der Waals surface area (Å²) in [5, 5.41) is 3.25. The van der Waals surface area contributed by atoms with Crippen LogP contribution < -0.4 is 14.8 Å². The summed E-state index contributed by atoms with van der Waals surface area (Å²) in [5.41, 5.74) is 2.27. The molecule has 124 valence electrons. The lowest BCUT2D eigenvalue weighted by molar-refractivity contribution is 0.411. The monoisotopic (exact) mass is 334 g/mol. The summed E-state index contributed by atoms with van der Waals surface area (Å²) in [4.78, 5) is 0.212. The molecule has 0 saturated heterocycles. The van der Waals surface area contributed by atoms with Crippen molar-refractivity contribution in [1.29, 1.82) is 0 Å². The summed E-state index contributed by atoms with van der Waals surface area (Å²) in [6, 6.07) is 12.0. The van der Waals surface area contributed by atoms with Crippen LogP contribution in [0.2, 0.25) is 0 Å². The van der Waals surface area contributed by atoms with Crippen molar-refractivity contribution in [1.82, 2.24) is 0 Å².